The monoisotopic (exact) mass is 264 g/mol. The zero-order valence-electron chi connectivity index (χ0n) is 10.4. The Morgan fingerprint density at radius 1 is 1.47 bits per heavy atom. The van der Waals surface area contributed by atoms with Crippen LogP contribution in [0.5, 0.6) is 0 Å². The topological polar surface area (TPSA) is 95.5 Å². The molecule has 3 N–H and O–H groups in total. The van der Waals surface area contributed by atoms with Crippen LogP contribution in [0.3, 0.4) is 0 Å². The lowest BCUT2D eigenvalue weighted by Crippen LogP contribution is -2.51. The highest BCUT2D eigenvalue weighted by molar-refractivity contribution is 7.87. The average Bonchev–Trinajstić information content (AvgIpc) is 2.45. The van der Waals surface area contributed by atoms with Gasteiger partial charge in [0, 0.05) is 12.1 Å². The summed E-state index contributed by atoms with van der Waals surface area (Å²) in [6, 6.07) is -0.763. The summed E-state index contributed by atoms with van der Waals surface area (Å²) in [6.45, 7) is 5.01. The molecule has 1 aliphatic rings. The molecule has 1 aliphatic carbocycles. The number of rotatable bonds is 5. The Kier molecular flexibility index (Phi) is 4.16. The van der Waals surface area contributed by atoms with Gasteiger partial charge >= 0.3 is 5.97 Å². The van der Waals surface area contributed by atoms with Crippen LogP contribution in [-0.2, 0) is 15.0 Å². The van der Waals surface area contributed by atoms with Crippen LogP contribution in [0.2, 0.25) is 0 Å². The number of nitrogens with one attached hydrogen (secondary N) is 2. The Balaban J connectivity index is 2.78. The van der Waals surface area contributed by atoms with Gasteiger partial charge in [-0.1, -0.05) is 6.42 Å². The third-order valence-electron chi connectivity index (χ3n) is 3.13. The van der Waals surface area contributed by atoms with Gasteiger partial charge < -0.3 is 5.11 Å². The molecule has 0 amide bonds. The molecule has 17 heavy (non-hydrogen) atoms. The van der Waals surface area contributed by atoms with Crippen LogP contribution in [0, 0.1) is 5.41 Å². The van der Waals surface area contributed by atoms with Crippen molar-refractivity contribution < 1.29 is 18.3 Å². The van der Waals surface area contributed by atoms with Crippen LogP contribution < -0.4 is 9.44 Å². The van der Waals surface area contributed by atoms with E-state index in [9.17, 15) is 13.2 Å². The quantitative estimate of drug-likeness (QED) is 0.672. The maximum absolute atomic E-state index is 11.7. The van der Waals surface area contributed by atoms with Gasteiger partial charge in [0.2, 0.25) is 0 Å². The van der Waals surface area contributed by atoms with Crippen LogP contribution in [0.25, 0.3) is 0 Å². The second-order valence-electron chi connectivity index (χ2n) is 5.06. The fourth-order valence-electron chi connectivity index (χ4n) is 2.14. The largest absolute Gasteiger partial charge is 0.481 e. The highest BCUT2D eigenvalue weighted by Crippen LogP contribution is 2.38. The molecular weight excluding hydrogens is 244 g/mol. The normalized spacial score (nSPS) is 29.8. The average molecular weight is 264 g/mol. The van der Waals surface area contributed by atoms with Crippen LogP contribution in [-0.4, -0.2) is 31.6 Å². The first-order chi connectivity index (χ1) is 7.67. The van der Waals surface area contributed by atoms with Crippen molar-refractivity contribution in [1.82, 2.24) is 9.44 Å². The van der Waals surface area contributed by atoms with E-state index < -0.39 is 27.6 Å². The summed E-state index contributed by atoms with van der Waals surface area (Å²) in [5.74, 6) is -0.952. The summed E-state index contributed by atoms with van der Waals surface area (Å²) in [5.41, 5.74) is -1.01. The van der Waals surface area contributed by atoms with Crippen LogP contribution >= 0.6 is 0 Å². The molecule has 0 aromatic carbocycles. The van der Waals surface area contributed by atoms with Gasteiger partial charge in [0.15, 0.2) is 0 Å². The van der Waals surface area contributed by atoms with Gasteiger partial charge in [-0.05, 0) is 33.6 Å². The molecule has 0 spiro atoms. The van der Waals surface area contributed by atoms with E-state index in [1.54, 1.807) is 20.8 Å². The summed E-state index contributed by atoms with van der Waals surface area (Å²) >= 11 is 0. The van der Waals surface area contributed by atoms with E-state index in [-0.39, 0.29) is 6.04 Å². The van der Waals surface area contributed by atoms with Crippen molar-refractivity contribution in [1.29, 1.82) is 0 Å². The van der Waals surface area contributed by atoms with E-state index in [0.29, 0.717) is 12.8 Å². The number of hydrogen-bond donors (Lipinski definition) is 3. The molecule has 1 saturated carbocycles. The van der Waals surface area contributed by atoms with Crippen molar-refractivity contribution >= 4 is 16.2 Å². The fourth-order valence-corrected chi connectivity index (χ4v) is 3.58. The van der Waals surface area contributed by atoms with E-state index >= 15 is 0 Å². The lowest BCUT2D eigenvalue weighted by Gasteiger charge is -2.27. The number of hydrogen-bond acceptors (Lipinski definition) is 3. The summed E-state index contributed by atoms with van der Waals surface area (Å²) < 4.78 is 28.2. The molecular formula is C10H20N2O4S. The number of carboxylic acid groups (broad SMARTS) is 1. The Morgan fingerprint density at radius 3 is 2.53 bits per heavy atom. The highest BCUT2D eigenvalue weighted by atomic mass is 32.2. The first-order valence-corrected chi connectivity index (χ1v) is 7.19. The van der Waals surface area contributed by atoms with Gasteiger partial charge in [-0.15, -0.1) is 0 Å². The molecule has 1 fully saturated rings. The van der Waals surface area contributed by atoms with E-state index in [1.165, 1.54) is 0 Å². The van der Waals surface area contributed by atoms with Gasteiger partial charge in [-0.2, -0.15) is 17.9 Å². The number of carbonyl (C=O) groups is 1. The third-order valence-corrected chi connectivity index (χ3v) is 4.51. The van der Waals surface area contributed by atoms with Crippen molar-refractivity contribution in [3.8, 4) is 0 Å². The van der Waals surface area contributed by atoms with Gasteiger partial charge in [0.1, 0.15) is 0 Å². The maximum atomic E-state index is 11.7. The molecule has 2 atom stereocenters. The minimum absolute atomic E-state index is 0.218. The van der Waals surface area contributed by atoms with E-state index in [4.69, 9.17) is 5.11 Å². The first-order valence-electron chi connectivity index (χ1n) is 5.70. The SMILES string of the molecule is CC(C)NS(=O)(=O)NC1CCCC1(C)C(=O)O. The molecule has 2 unspecified atom stereocenters. The van der Waals surface area contributed by atoms with Crippen molar-refractivity contribution in [2.24, 2.45) is 5.41 Å². The van der Waals surface area contributed by atoms with E-state index in [1.807, 2.05) is 0 Å². The molecule has 6 nitrogen and oxygen atoms in total. The van der Waals surface area contributed by atoms with Gasteiger partial charge in [0.25, 0.3) is 10.2 Å². The summed E-state index contributed by atoms with van der Waals surface area (Å²) in [5, 5.41) is 9.17. The molecule has 0 heterocycles. The maximum Gasteiger partial charge on any atom is 0.310 e. The summed E-state index contributed by atoms with van der Waals surface area (Å²) in [6.07, 6.45) is 1.77. The molecule has 7 heteroatoms. The standard InChI is InChI=1S/C10H20N2O4S/c1-7(2)11-17(15,16)12-8-5-4-6-10(8,3)9(13)14/h7-8,11-12H,4-6H2,1-3H3,(H,13,14). The zero-order chi connectivity index (χ0) is 13.3. The van der Waals surface area contributed by atoms with Crippen molar-refractivity contribution in [2.75, 3.05) is 0 Å². The van der Waals surface area contributed by atoms with E-state index in [0.717, 1.165) is 6.42 Å². The molecule has 0 saturated heterocycles. The number of carboxylic acids is 1. The van der Waals surface area contributed by atoms with Crippen LogP contribution in [0.4, 0.5) is 0 Å². The molecule has 0 aromatic rings. The third kappa shape index (κ3) is 3.40. The van der Waals surface area contributed by atoms with Gasteiger partial charge in [0.05, 0.1) is 5.41 Å². The van der Waals surface area contributed by atoms with Crippen molar-refractivity contribution in [3.63, 3.8) is 0 Å². The Bertz CT molecular complexity index is 393. The van der Waals surface area contributed by atoms with Crippen molar-refractivity contribution in [3.05, 3.63) is 0 Å². The second kappa shape index (κ2) is 4.91. The van der Waals surface area contributed by atoms with Crippen molar-refractivity contribution in [2.45, 2.75) is 52.1 Å². The molecule has 0 aliphatic heterocycles. The smallest absolute Gasteiger partial charge is 0.310 e. The van der Waals surface area contributed by atoms with Gasteiger partial charge in [-0.25, -0.2) is 0 Å². The van der Waals surface area contributed by atoms with E-state index in [2.05, 4.69) is 9.44 Å². The number of aliphatic carboxylic acids is 1. The molecule has 0 aromatic heterocycles. The van der Waals surface area contributed by atoms with Gasteiger partial charge in [-0.3, -0.25) is 4.79 Å². The minimum Gasteiger partial charge on any atom is -0.481 e. The highest BCUT2D eigenvalue weighted by Gasteiger charge is 2.46. The Morgan fingerprint density at radius 2 is 2.06 bits per heavy atom. The van der Waals surface area contributed by atoms with Crippen LogP contribution in [0.15, 0.2) is 0 Å². The summed E-state index contributed by atoms with van der Waals surface area (Å²) in [4.78, 5) is 11.2. The molecule has 100 valence electrons. The second-order valence-corrected chi connectivity index (χ2v) is 6.54. The molecule has 0 bridgehead atoms. The Hall–Kier alpha value is -0.660. The molecule has 0 radical (unpaired) electrons. The minimum atomic E-state index is -3.63. The zero-order valence-corrected chi connectivity index (χ0v) is 11.2. The first kappa shape index (κ1) is 14.4. The predicted octanol–water partition coefficient (Wildman–Crippen LogP) is 0.462. The fraction of sp³-hybridized carbons (Fsp3) is 0.900. The lowest BCUT2D eigenvalue weighted by molar-refractivity contribution is -0.148. The Labute approximate surface area is 102 Å². The lowest BCUT2D eigenvalue weighted by atomic mass is 9.85. The summed E-state index contributed by atoms with van der Waals surface area (Å²) in [7, 11) is -3.63. The molecule has 1 rings (SSSR count). The van der Waals surface area contributed by atoms with Crippen LogP contribution in [0.1, 0.15) is 40.0 Å². The predicted molar refractivity (Wildman–Crippen MR) is 63.7 cm³/mol.